The van der Waals surface area contributed by atoms with Crippen LogP contribution in [0.5, 0.6) is 0 Å². The van der Waals surface area contributed by atoms with Gasteiger partial charge in [0.15, 0.2) is 34.8 Å². The molecule has 3 amide bonds. The van der Waals surface area contributed by atoms with E-state index in [9.17, 15) is 32.9 Å². The van der Waals surface area contributed by atoms with Gasteiger partial charge in [0.1, 0.15) is 47.7 Å². The van der Waals surface area contributed by atoms with E-state index >= 15 is 0 Å². The van der Waals surface area contributed by atoms with Gasteiger partial charge in [-0.15, -0.1) is 25.6 Å². The molecule has 5 aromatic carbocycles. The number of unbranched alkanes of at least 4 members (excludes halogenated alkanes) is 1. The van der Waals surface area contributed by atoms with Crippen molar-refractivity contribution in [1.82, 2.24) is 58.2 Å². The molecule has 36 heteroatoms. The first kappa shape index (κ1) is 99.1. The minimum Gasteiger partial charge on any atom is -0.459 e. The van der Waals surface area contributed by atoms with E-state index in [4.69, 9.17) is 65.2 Å². The molecule has 1 fully saturated rings. The molecule has 0 radical (unpaired) electrons. The minimum atomic E-state index is -3.29. The first-order chi connectivity index (χ1) is 60.5. The molecule has 32 nitrogen and oxygen atoms in total. The lowest BCUT2D eigenvalue weighted by atomic mass is 9.75. The predicted molar refractivity (Wildman–Crippen MR) is 505 cm³/mol. The number of likely N-dealkylation sites (N-methyl/N-ethyl adjacent to an activating group) is 1. The van der Waals surface area contributed by atoms with E-state index in [1.54, 1.807) is 53.1 Å². The maximum atomic E-state index is 14.0. The maximum absolute atomic E-state index is 14.0. The number of allylic oxidation sites excluding steroid dienone is 1. The zero-order valence-electron chi connectivity index (χ0n) is 76.3. The number of aromatic nitrogens is 9. The Morgan fingerprint density at radius 2 is 1.38 bits per heavy atom. The fourth-order valence-corrected chi connectivity index (χ4v) is 16.7. The molecule has 676 valence electrons. The minimum absolute atomic E-state index is 0.0513. The summed E-state index contributed by atoms with van der Waals surface area (Å²) in [5.74, 6) is 1.06. The second-order valence-electron chi connectivity index (χ2n) is 32.3. The van der Waals surface area contributed by atoms with Gasteiger partial charge in [-0.3, -0.25) is 14.4 Å². The summed E-state index contributed by atoms with van der Waals surface area (Å²) < 4.78 is 46.1. The highest BCUT2D eigenvalue weighted by atomic mass is 35.5. The van der Waals surface area contributed by atoms with Crippen molar-refractivity contribution in [3.63, 3.8) is 0 Å². The number of azo groups is 2. The number of nitrogens with one attached hydrogen (secondary N) is 3. The summed E-state index contributed by atoms with van der Waals surface area (Å²) in [5.41, 5.74) is 16.1. The number of sulfonamides is 1. The molecule has 5 N–H and O–H groups in total. The first-order valence-electron chi connectivity index (χ1n) is 43.0. The van der Waals surface area contributed by atoms with E-state index in [1.807, 2.05) is 124 Å². The van der Waals surface area contributed by atoms with Crippen LogP contribution in [0.25, 0.3) is 33.2 Å². The summed E-state index contributed by atoms with van der Waals surface area (Å²) in [6.45, 7) is 51.2. The number of aryl methyl sites for hydroxylation is 3. The van der Waals surface area contributed by atoms with E-state index in [2.05, 4.69) is 119 Å². The number of rotatable bonds is 34. The molecule has 1 saturated carbocycles. The van der Waals surface area contributed by atoms with Crippen LogP contribution in [-0.2, 0) is 34.5 Å². The van der Waals surface area contributed by atoms with Gasteiger partial charge in [-0.25, -0.2) is 51.8 Å². The summed E-state index contributed by atoms with van der Waals surface area (Å²) in [7, 11) is -3.29. The Balaban J connectivity index is 0.000000218. The molecule has 1 aliphatic carbocycles. The number of aliphatic imine (C=N–C) groups is 1. The largest absolute Gasteiger partial charge is 0.459 e. The van der Waals surface area contributed by atoms with E-state index in [0.717, 1.165) is 97.5 Å². The summed E-state index contributed by atoms with van der Waals surface area (Å²) in [5, 5.41) is 48.7. The van der Waals surface area contributed by atoms with Crippen molar-refractivity contribution < 1.29 is 37.1 Å². The van der Waals surface area contributed by atoms with Crippen LogP contribution in [0, 0.1) is 56.4 Å². The molecule has 3 atom stereocenters. The number of anilines is 5. The Morgan fingerprint density at radius 1 is 0.764 bits per heavy atom. The maximum Gasteiger partial charge on any atom is 0.331 e. The van der Waals surface area contributed by atoms with Gasteiger partial charge >= 0.3 is 5.97 Å². The molecular formula is C91H118Cl2N24O8S2. The van der Waals surface area contributed by atoms with Gasteiger partial charge < -0.3 is 45.4 Å². The molecule has 1 aliphatic heterocycles. The second kappa shape index (κ2) is 45.2. The van der Waals surface area contributed by atoms with Crippen molar-refractivity contribution in [3.8, 4) is 28.8 Å². The lowest BCUT2D eigenvalue weighted by molar-refractivity contribution is -0.150. The van der Waals surface area contributed by atoms with Crippen LogP contribution in [0.15, 0.2) is 128 Å². The van der Waals surface area contributed by atoms with E-state index in [1.165, 1.54) is 27.3 Å². The number of nitrogen functional groups attached to an aromatic ring is 1. The molecule has 4 aromatic heterocycles. The van der Waals surface area contributed by atoms with Gasteiger partial charge in [0, 0.05) is 117 Å². The fourth-order valence-electron chi connectivity index (χ4n) is 15.2. The van der Waals surface area contributed by atoms with Crippen molar-refractivity contribution in [2.75, 3.05) is 98.1 Å². The summed E-state index contributed by atoms with van der Waals surface area (Å²) >= 11 is 14.8. The predicted octanol–water partition coefficient (Wildman–Crippen LogP) is 19.7. The van der Waals surface area contributed by atoms with E-state index in [0.29, 0.717) is 135 Å². The third kappa shape index (κ3) is 25.0. The number of ether oxygens (including phenoxy) is 2. The SMILES string of the molecule is CCCCC(CC)OCNc1cc(Cl)c(-n2nc(C(C)(C)C)c(C#N)c2N=Nc2ccc(N(CC)CC)cc2NC(C)=O)c(Cl)c1.CCN(CC)C(=O)c1cc(C(=O)N(CC)CC)cc(-n2nc(C)c(N=Nc3ncns3)c2N)c1.[C-]#[N+]C1=C(C(=O)OC2C(C)CC(C)CC2C)c2nc(-c3ccc(C)cc3)nn2C1=Nc1ccc(N(CC)CCNS(C)(=O)=O)cc1C. The van der Waals surface area contributed by atoms with Crippen LogP contribution < -0.4 is 30.9 Å². The number of amides is 3. The van der Waals surface area contributed by atoms with Crippen LogP contribution in [0.2, 0.25) is 10.0 Å². The third-order valence-electron chi connectivity index (χ3n) is 21.8. The summed E-state index contributed by atoms with van der Waals surface area (Å²) in [6, 6.07) is 29.9. The number of benzene rings is 5. The molecule has 9 aromatic rings. The van der Waals surface area contributed by atoms with Gasteiger partial charge in [-0.05, 0) is 185 Å². The number of halogens is 2. The van der Waals surface area contributed by atoms with Crippen molar-refractivity contribution in [2.24, 2.45) is 43.2 Å². The number of carbonyl (C=O) groups is 4. The van der Waals surface area contributed by atoms with Gasteiger partial charge in [0.25, 0.3) is 11.8 Å². The topological polar surface area (TPSA) is 378 Å². The van der Waals surface area contributed by atoms with Crippen molar-refractivity contribution in [1.29, 1.82) is 5.26 Å². The number of fused-ring (bicyclic) bond motifs is 1. The monoisotopic (exact) mass is 1810 g/mol. The molecule has 0 bridgehead atoms. The molecule has 127 heavy (non-hydrogen) atoms. The highest BCUT2D eigenvalue weighted by Gasteiger charge is 2.42. The number of hydrogen-bond donors (Lipinski definition) is 4. The van der Waals surface area contributed by atoms with Crippen LogP contribution in [0.1, 0.15) is 204 Å². The molecular weight excluding hydrogens is 1690 g/mol. The van der Waals surface area contributed by atoms with E-state index in [-0.39, 0.29) is 88.4 Å². The average Bonchev–Trinajstić information content (AvgIpc) is 1.58. The van der Waals surface area contributed by atoms with Gasteiger partial charge in [0.05, 0.1) is 57.4 Å². The quantitative estimate of drug-likeness (QED) is 0.0126. The molecule has 2 aliphatic rings. The number of esters is 1. The lowest BCUT2D eigenvalue weighted by Gasteiger charge is -2.37. The Labute approximate surface area is 759 Å². The summed E-state index contributed by atoms with van der Waals surface area (Å²) in [6.07, 6.45) is 8.56. The van der Waals surface area contributed by atoms with Crippen LogP contribution >= 0.6 is 34.7 Å². The van der Waals surface area contributed by atoms with Crippen LogP contribution in [-0.4, -0.2) is 176 Å². The fraction of sp³-hybridized carbons (Fsp3) is 0.462. The Morgan fingerprint density at radius 3 is 1.91 bits per heavy atom. The van der Waals surface area contributed by atoms with Crippen molar-refractivity contribution in [3.05, 3.63) is 170 Å². The highest BCUT2D eigenvalue weighted by molar-refractivity contribution is 7.88. The Kier molecular flexibility index (Phi) is 35.2. The summed E-state index contributed by atoms with van der Waals surface area (Å²) in [4.78, 5) is 77.4. The van der Waals surface area contributed by atoms with Gasteiger partial charge in [-0.1, -0.05) is 121 Å². The smallest absolute Gasteiger partial charge is 0.331 e. The van der Waals surface area contributed by atoms with Crippen molar-refractivity contribution >= 4 is 136 Å². The number of carbonyl (C=O) groups excluding carboxylic acids is 4. The van der Waals surface area contributed by atoms with Crippen LogP contribution in [0.4, 0.5) is 56.6 Å². The number of hydrogen-bond acceptors (Lipinski definition) is 25. The standard InChI is InChI=1S/C35H43N7O4S.C34H46Cl2N8O2.C22H29N9O2S/c1-9-41(17-16-37-47(8,44)45)27-14-15-28(23(4)20-27)38-34-30(36-7)29(35(43)46-31-24(5)18-22(3)19-25(31)6)33-39-32(40-42(33)34)26-12-10-21(2)11-13-26;1-9-13-14-25(10-2)46-21-38-23-17-27(35)31(28(36)18-23)44-33(26(20-37)32(42-44)34(6,7)8)41-40-29-16-15-24(43(11-3)12-4)19-30(29)39-22(5)45;1-6-29(7-2)20(32)15-10-16(21(33)30(8-3)9-4)12-17(11-15)31-19(23)18(14(5)28-31)26-27-22-24-13-25-34-22/h10-15,20,22,24-25,31,37H,9,16-19H2,1-6,8H3;15-19,25,38H,9-14,21H2,1-8H3,(H,39,45);10-13H,6-9,23H2,1-5H3. The molecule has 11 rings (SSSR count). The molecule has 3 unspecified atom stereocenters. The molecule has 0 saturated heterocycles. The second-order valence-corrected chi connectivity index (χ2v) is 35.7. The Bertz CT molecular complexity index is 5630. The number of nitriles is 1. The van der Waals surface area contributed by atoms with Gasteiger partial charge in [-0.2, -0.15) is 19.8 Å². The Hall–Kier alpha value is -11.7. The highest BCUT2D eigenvalue weighted by Crippen LogP contribution is 2.43. The zero-order valence-corrected chi connectivity index (χ0v) is 79.4. The molecule has 5 heterocycles. The van der Waals surface area contributed by atoms with Crippen LogP contribution in [0.3, 0.4) is 0 Å². The third-order valence-corrected chi connectivity index (χ3v) is 23.7. The van der Waals surface area contributed by atoms with Gasteiger partial charge in [0.2, 0.25) is 26.8 Å². The van der Waals surface area contributed by atoms with E-state index < -0.39 is 21.4 Å². The first-order valence-corrected chi connectivity index (χ1v) is 46.4. The normalized spacial score (nSPS) is 15.5. The average molecular weight is 1810 g/mol. The molecule has 0 spiro atoms. The number of nitrogens with zero attached hydrogens (tertiary/aromatic N) is 20. The van der Waals surface area contributed by atoms with Crippen molar-refractivity contribution in [2.45, 2.75) is 188 Å². The number of nitrogens with two attached hydrogens (primary N) is 1. The lowest BCUT2D eigenvalue weighted by Crippen LogP contribution is -2.37. The zero-order chi connectivity index (χ0) is 92.9.